The largest absolute Gasteiger partial charge is 0.392 e. The fourth-order valence-electron chi connectivity index (χ4n) is 1.14. The summed E-state index contributed by atoms with van der Waals surface area (Å²) < 4.78 is 1.91. The van der Waals surface area contributed by atoms with Crippen molar-refractivity contribution < 1.29 is 5.11 Å². The molecule has 2 heterocycles. The zero-order valence-corrected chi connectivity index (χ0v) is 9.58. The number of aromatic nitrogens is 1. The van der Waals surface area contributed by atoms with Crippen LogP contribution < -0.4 is 0 Å². The lowest BCUT2D eigenvalue weighted by molar-refractivity contribution is 0.283. The van der Waals surface area contributed by atoms with Crippen LogP contribution in [-0.4, -0.2) is 10.1 Å². The molecule has 0 fully saturated rings. The van der Waals surface area contributed by atoms with Gasteiger partial charge in [0.05, 0.1) is 15.1 Å². The van der Waals surface area contributed by atoms with Crippen molar-refractivity contribution >= 4 is 49.0 Å². The number of hydrogen-bond acceptors (Lipinski definition) is 3. The minimum absolute atomic E-state index is 0.0101. The molecule has 2 rings (SSSR count). The first kappa shape index (κ1) is 9.40. The Hall–Kier alpha value is -0.160. The second kappa shape index (κ2) is 3.53. The lowest BCUT2D eigenvalue weighted by Crippen LogP contribution is -1.85. The van der Waals surface area contributed by atoms with E-state index in [2.05, 4.69) is 20.9 Å². The SMILES string of the molecule is OCc1cnc(Cl)c2sc(Br)cc12. The number of halogens is 2. The van der Waals surface area contributed by atoms with Crippen LogP contribution in [0.4, 0.5) is 0 Å². The standard InChI is InChI=1S/C8H5BrClNOS/c9-6-1-5-4(3-12)2-11-8(10)7(5)13-6/h1-2,12H,3H2. The number of nitrogens with zero attached hydrogens (tertiary/aromatic N) is 1. The number of hydrogen-bond donors (Lipinski definition) is 1. The van der Waals surface area contributed by atoms with Crippen molar-refractivity contribution in [2.45, 2.75) is 6.61 Å². The number of rotatable bonds is 1. The summed E-state index contributed by atoms with van der Waals surface area (Å²) in [5.41, 5.74) is 0.807. The zero-order chi connectivity index (χ0) is 9.42. The molecule has 0 aliphatic heterocycles. The normalized spacial score (nSPS) is 11.0. The molecule has 0 aliphatic carbocycles. The Balaban J connectivity index is 2.83. The van der Waals surface area contributed by atoms with Gasteiger partial charge in [0.25, 0.3) is 0 Å². The van der Waals surface area contributed by atoms with Crippen LogP contribution in [0.2, 0.25) is 5.15 Å². The van der Waals surface area contributed by atoms with Gasteiger partial charge < -0.3 is 5.11 Å². The number of pyridine rings is 1. The van der Waals surface area contributed by atoms with Crippen molar-refractivity contribution in [3.8, 4) is 0 Å². The maximum absolute atomic E-state index is 9.04. The topological polar surface area (TPSA) is 33.1 Å². The zero-order valence-electron chi connectivity index (χ0n) is 6.42. The Bertz CT molecular complexity index is 457. The highest BCUT2D eigenvalue weighted by molar-refractivity contribution is 9.11. The highest BCUT2D eigenvalue weighted by Crippen LogP contribution is 2.35. The van der Waals surface area contributed by atoms with Gasteiger partial charge >= 0.3 is 0 Å². The Kier molecular flexibility index (Phi) is 2.55. The van der Waals surface area contributed by atoms with Crippen LogP contribution in [0.25, 0.3) is 10.1 Å². The Morgan fingerprint density at radius 3 is 3.08 bits per heavy atom. The molecule has 0 radical (unpaired) electrons. The average Bonchev–Trinajstić information content (AvgIpc) is 2.48. The molecule has 68 valence electrons. The van der Waals surface area contributed by atoms with Gasteiger partial charge in [-0.2, -0.15) is 0 Å². The van der Waals surface area contributed by atoms with E-state index in [-0.39, 0.29) is 6.61 Å². The first-order valence-electron chi connectivity index (χ1n) is 3.55. The van der Waals surface area contributed by atoms with E-state index in [1.807, 2.05) is 6.07 Å². The number of thiophene rings is 1. The predicted octanol–water partition coefficient (Wildman–Crippen LogP) is 3.20. The molecule has 13 heavy (non-hydrogen) atoms. The monoisotopic (exact) mass is 277 g/mol. The van der Waals surface area contributed by atoms with Crippen molar-refractivity contribution in [1.82, 2.24) is 4.98 Å². The van der Waals surface area contributed by atoms with Gasteiger partial charge in [0.15, 0.2) is 0 Å². The van der Waals surface area contributed by atoms with Crippen LogP contribution in [0.3, 0.4) is 0 Å². The lowest BCUT2D eigenvalue weighted by atomic mass is 10.2. The van der Waals surface area contributed by atoms with Crippen LogP contribution >= 0.6 is 38.9 Å². The molecule has 0 aliphatic rings. The van der Waals surface area contributed by atoms with Gasteiger partial charge in [0.2, 0.25) is 0 Å². The van der Waals surface area contributed by atoms with E-state index in [0.717, 1.165) is 19.4 Å². The van der Waals surface area contributed by atoms with Gasteiger partial charge in [-0.3, -0.25) is 0 Å². The molecule has 0 amide bonds. The maximum Gasteiger partial charge on any atom is 0.146 e. The molecule has 0 aromatic carbocycles. The van der Waals surface area contributed by atoms with E-state index in [4.69, 9.17) is 16.7 Å². The van der Waals surface area contributed by atoms with E-state index in [1.165, 1.54) is 11.3 Å². The molecule has 0 saturated carbocycles. The van der Waals surface area contributed by atoms with E-state index in [9.17, 15) is 0 Å². The van der Waals surface area contributed by atoms with Crippen molar-refractivity contribution in [3.05, 3.63) is 26.8 Å². The van der Waals surface area contributed by atoms with E-state index >= 15 is 0 Å². The molecule has 2 nitrogen and oxygen atoms in total. The minimum Gasteiger partial charge on any atom is -0.392 e. The smallest absolute Gasteiger partial charge is 0.146 e. The highest BCUT2D eigenvalue weighted by atomic mass is 79.9. The molecule has 1 N–H and O–H groups in total. The van der Waals surface area contributed by atoms with Crippen LogP contribution in [0.5, 0.6) is 0 Å². The Morgan fingerprint density at radius 1 is 1.62 bits per heavy atom. The summed E-state index contributed by atoms with van der Waals surface area (Å²) in [6.45, 7) is -0.0101. The summed E-state index contributed by atoms with van der Waals surface area (Å²) in [5, 5.41) is 10.5. The predicted molar refractivity (Wildman–Crippen MR) is 58.3 cm³/mol. The molecule has 5 heteroatoms. The summed E-state index contributed by atoms with van der Waals surface area (Å²) in [7, 11) is 0. The minimum atomic E-state index is -0.0101. The van der Waals surface area contributed by atoms with Gasteiger partial charge in [0, 0.05) is 17.1 Å². The van der Waals surface area contributed by atoms with Crippen molar-refractivity contribution in [2.75, 3.05) is 0 Å². The first-order chi connectivity index (χ1) is 6.22. The molecule has 0 atom stereocenters. The van der Waals surface area contributed by atoms with Crippen molar-refractivity contribution in [1.29, 1.82) is 0 Å². The summed E-state index contributed by atoms with van der Waals surface area (Å²) in [6.07, 6.45) is 1.60. The van der Waals surface area contributed by atoms with Crippen molar-refractivity contribution in [3.63, 3.8) is 0 Å². The van der Waals surface area contributed by atoms with Gasteiger partial charge in [-0.25, -0.2) is 4.98 Å². The Morgan fingerprint density at radius 2 is 2.38 bits per heavy atom. The van der Waals surface area contributed by atoms with Gasteiger partial charge in [-0.05, 0) is 22.0 Å². The third kappa shape index (κ3) is 1.59. The fourth-order valence-corrected chi connectivity index (χ4v) is 2.93. The van der Waals surface area contributed by atoms with E-state index in [1.54, 1.807) is 6.20 Å². The summed E-state index contributed by atoms with van der Waals surface area (Å²) in [5.74, 6) is 0. The molecule has 2 aromatic rings. The molecular weight excluding hydrogens is 274 g/mol. The summed E-state index contributed by atoms with van der Waals surface area (Å²) >= 11 is 10.8. The van der Waals surface area contributed by atoms with Crippen LogP contribution in [0.1, 0.15) is 5.56 Å². The van der Waals surface area contributed by atoms with Crippen LogP contribution in [0, 0.1) is 0 Å². The fraction of sp³-hybridized carbons (Fsp3) is 0.125. The lowest BCUT2D eigenvalue weighted by Gasteiger charge is -1.98. The second-order valence-corrected chi connectivity index (χ2v) is 5.32. The quantitative estimate of drug-likeness (QED) is 0.813. The number of fused-ring (bicyclic) bond motifs is 1. The van der Waals surface area contributed by atoms with E-state index in [0.29, 0.717) is 5.15 Å². The third-order valence-electron chi connectivity index (χ3n) is 1.74. The second-order valence-electron chi connectivity index (χ2n) is 2.53. The van der Waals surface area contributed by atoms with Gasteiger partial charge in [-0.15, -0.1) is 11.3 Å². The van der Waals surface area contributed by atoms with Gasteiger partial charge in [-0.1, -0.05) is 11.6 Å². The molecule has 0 bridgehead atoms. The van der Waals surface area contributed by atoms with Crippen LogP contribution in [-0.2, 0) is 6.61 Å². The first-order valence-corrected chi connectivity index (χ1v) is 5.54. The highest BCUT2D eigenvalue weighted by Gasteiger charge is 2.08. The molecule has 0 spiro atoms. The van der Waals surface area contributed by atoms with Gasteiger partial charge in [0.1, 0.15) is 5.15 Å². The van der Waals surface area contributed by atoms with Crippen molar-refractivity contribution in [2.24, 2.45) is 0 Å². The van der Waals surface area contributed by atoms with Crippen LogP contribution in [0.15, 0.2) is 16.0 Å². The molecule has 0 saturated heterocycles. The molecule has 0 unspecified atom stereocenters. The number of aliphatic hydroxyl groups excluding tert-OH is 1. The maximum atomic E-state index is 9.04. The van der Waals surface area contributed by atoms with E-state index < -0.39 is 0 Å². The number of aliphatic hydroxyl groups is 1. The Labute approximate surface area is 92.3 Å². The average molecular weight is 279 g/mol. The molecular formula is C8H5BrClNOS. The third-order valence-corrected chi connectivity index (χ3v) is 3.78. The summed E-state index contributed by atoms with van der Waals surface area (Å²) in [6, 6.07) is 1.94. The molecule has 2 aromatic heterocycles. The summed E-state index contributed by atoms with van der Waals surface area (Å²) in [4.78, 5) is 3.99.